The van der Waals surface area contributed by atoms with Crippen molar-refractivity contribution in [2.45, 2.75) is 13.3 Å². The number of carbonyl (C=O) groups excluding carboxylic acids is 2. The monoisotopic (exact) mass is 618 g/mol. The summed E-state index contributed by atoms with van der Waals surface area (Å²) in [6.45, 7) is 8.16. The van der Waals surface area contributed by atoms with Gasteiger partial charge in [-0.3, -0.25) is 0 Å². The molecule has 13 heteroatoms. The fourth-order valence-electron chi connectivity index (χ4n) is 2.97. The third kappa shape index (κ3) is 8.80. The van der Waals surface area contributed by atoms with E-state index in [1.807, 2.05) is 18.2 Å². The number of rotatable bonds is 14. The standard InChI is InChI=1S/C22H31ClIN8O3/c1-4-27-16-7-6-15(35-13-19(33)28-9-5-8-25)10-17(16)32(24-3)14(2)11-30-22(34)20-21(26)29-12-18(23)31-20/h6-7,10,12,27H,2,4-5,8-9,11,13,25H2,1,3H3,(H2,26,29)(H,28,33)(H,30,34)/q-1/p+1. The van der Waals surface area contributed by atoms with E-state index in [0.717, 1.165) is 17.9 Å². The fourth-order valence-corrected chi connectivity index (χ4v) is 4.89. The number of anilines is 2. The van der Waals surface area contributed by atoms with Crippen molar-refractivity contribution in [3.05, 3.63) is 47.5 Å². The summed E-state index contributed by atoms with van der Waals surface area (Å²) in [5, 5.41) is 7.71. The van der Waals surface area contributed by atoms with Crippen LogP contribution in [0.3, 0.4) is 0 Å². The van der Waals surface area contributed by atoms with Crippen molar-refractivity contribution in [3.8, 4) is 5.75 Å². The van der Waals surface area contributed by atoms with E-state index in [-0.39, 0.29) is 35.7 Å². The molecule has 2 rings (SSSR count). The van der Waals surface area contributed by atoms with Crippen LogP contribution in [0.5, 0.6) is 5.75 Å². The van der Waals surface area contributed by atoms with Gasteiger partial charge < -0.3 is 0 Å². The van der Waals surface area contributed by atoms with Crippen LogP contribution >= 0.6 is 11.6 Å². The van der Waals surface area contributed by atoms with Gasteiger partial charge in [0.05, 0.1) is 0 Å². The molecule has 0 unspecified atom stereocenters. The molecule has 35 heavy (non-hydrogen) atoms. The molecule has 0 aliphatic heterocycles. The minimum absolute atomic E-state index is 0.00553. The maximum absolute atomic E-state index is 12.6. The summed E-state index contributed by atoms with van der Waals surface area (Å²) in [5.41, 5.74) is 13.7. The molecule has 192 valence electrons. The molecule has 0 spiro atoms. The van der Waals surface area contributed by atoms with Gasteiger partial charge in [0.2, 0.25) is 0 Å². The van der Waals surface area contributed by atoms with Crippen molar-refractivity contribution in [3.63, 3.8) is 0 Å². The molecule has 11 nitrogen and oxygen atoms in total. The maximum atomic E-state index is 12.6. The summed E-state index contributed by atoms with van der Waals surface area (Å²) < 4.78 is 7.79. The summed E-state index contributed by atoms with van der Waals surface area (Å²) in [5.74, 6) is -0.150. The number of aromatic nitrogens is 2. The number of alkyl halides is 1. The Bertz CT molecular complexity index is 1040. The first-order chi connectivity index (χ1) is 16.8. The molecule has 0 aliphatic carbocycles. The summed E-state index contributed by atoms with van der Waals surface area (Å²) in [6.07, 6.45) is 1.99. The third-order valence-electron chi connectivity index (χ3n) is 4.60. The van der Waals surface area contributed by atoms with Crippen LogP contribution < -0.4 is 56.7 Å². The van der Waals surface area contributed by atoms with Gasteiger partial charge in [-0.1, -0.05) is 0 Å². The zero-order chi connectivity index (χ0) is 25.8. The molecule has 0 atom stereocenters. The predicted octanol–water partition coefficient (Wildman–Crippen LogP) is -2.85. The average Bonchev–Trinajstić information content (AvgIpc) is 2.84. The van der Waals surface area contributed by atoms with Crippen molar-refractivity contribution in [1.29, 1.82) is 0 Å². The van der Waals surface area contributed by atoms with Crippen molar-refractivity contribution in [2.24, 2.45) is 5.73 Å². The SMILES string of the molecule is C=C(CNC(=O)c1nc(Cl)cnc1N)N([I-]C)c1cc(OCC(=O)NCCCN)ccc1[NH2+]CC. The van der Waals surface area contributed by atoms with E-state index < -0.39 is 27.4 Å². The van der Waals surface area contributed by atoms with Crippen LogP contribution in [0.2, 0.25) is 5.15 Å². The average molecular weight is 619 g/mol. The van der Waals surface area contributed by atoms with Gasteiger partial charge in [0.25, 0.3) is 0 Å². The van der Waals surface area contributed by atoms with Gasteiger partial charge in [0, 0.05) is 0 Å². The fraction of sp³-hybridized carbons (Fsp3) is 0.364. The van der Waals surface area contributed by atoms with E-state index in [0.29, 0.717) is 31.0 Å². The van der Waals surface area contributed by atoms with Crippen molar-refractivity contribution >= 4 is 40.6 Å². The van der Waals surface area contributed by atoms with Crippen LogP contribution in [-0.4, -0.2) is 59.5 Å². The van der Waals surface area contributed by atoms with Crippen LogP contribution in [-0.2, 0) is 4.79 Å². The first-order valence-electron chi connectivity index (χ1n) is 10.9. The van der Waals surface area contributed by atoms with E-state index in [2.05, 4.69) is 47.5 Å². The Hall–Kier alpha value is -2.68. The van der Waals surface area contributed by atoms with E-state index in [1.165, 1.54) is 6.20 Å². The number of benzene rings is 1. The number of hydrogen-bond acceptors (Lipinski definition) is 8. The van der Waals surface area contributed by atoms with Gasteiger partial charge >= 0.3 is 221 Å². The number of quaternary nitrogens is 1. The summed E-state index contributed by atoms with van der Waals surface area (Å²) in [7, 11) is 0. The van der Waals surface area contributed by atoms with Crippen LogP contribution in [0.4, 0.5) is 17.2 Å². The summed E-state index contributed by atoms with van der Waals surface area (Å²) in [6, 6.07) is 5.65. The molecule has 0 radical (unpaired) electrons. The molecule has 1 aromatic heterocycles. The molecule has 8 N–H and O–H groups in total. The number of hydrogen-bond donors (Lipinski definition) is 5. The Morgan fingerprint density at radius 1 is 1.34 bits per heavy atom. The Morgan fingerprint density at radius 2 is 2.11 bits per heavy atom. The zero-order valence-corrected chi connectivity index (χ0v) is 22.7. The number of nitrogens with one attached hydrogen (secondary N) is 2. The molecule has 0 bridgehead atoms. The van der Waals surface area contributed by atoms with Gasteiger partial charge in [0.1, 0.15) is 0 Å². The van der Waals surface area contributed by atoms with Crippen molar-refractivity contribution in [1.82, 2.24) is 20.6 Å². The van der Waals surface area contributed by atoms with Gasteiger partial charge in [-0.05, 0) is 0 Å². The van der Waals surface area contributed by atoms with E-state index in [4.69, 9.17) is 27.8 Å². The predicted molar refractivity (Wildman–Crippen MR) is 132 cm³/mol. The Labute approximate surface area is 220 Å². The number of nitrogens with two attached hydrogens (primary N) is 3. The number of amides is 2. The minimum atomic E-state index is -0.509. The summed E-state index contributed by atoms with van der Waals surface area (Å²) in [4.78, 5) is 34.4. The first kappa shape index (κ1) is 28.6. The molecular weight excluding hydrogens is 587 g/mol. The first-order valence-corrected chi connectivity index (χ1v) is 14.4. The number of nitrogens with zero attached hydrogens (tertiary/aromatic N) is 3. The van der Waals surface area contributed by atoms with E-state index in [9.17, 15) is 9.59 Å². The molecule has 0 saturated heterocycles. The number of ether oxygens (including phenoxy) is 1. The second-order valence-corrected chi connectivity index (χ2v) is 9.56. The molecule has 2 aromatic rings. The van der Waals surface area contributed by atoms with Crippen LogP contribution in [0.15, 0.2) is 36.7 Å². The Morgan fingerprint density at radius 3 is 2.80 bits per heavy atom. The van der Waals surface area contributed by atoms with Crippen LogP contribution in [0.1, 0.15) is 23.8 Å². The number of halogens is 2. The molecule has 2 amide bonds. The quantitative estimate of drug-likeness (QED) is 0.0497. The molecular formula is C22H32ClIN8O3. The molecule has 0 saturated carbocycles. The van der Waals surface area contributed by atoms with Gasteiger partial charge in [-0.25, -0.2) is 0 Å². The molecule has 0 fully saturated rings. The van der Waals surface area contributed by atoms with Gasteiger partial charge in [-0.2, -0.15) is 0 Å². The topological polar surface area (TPSA) is 165 Å². The number of carbonyl (C=O) groups is 2. The van der Waals surface area contributed by atoms with E-state index >= 15 is 0 Å². The number of nitrogen functional groups attached to an aromatic ring is 1. The second kappa shape index (κ2) is 14.7. The molecule has 1 aromatic carbocycles. The van der Waals surface area contributed by atoms with Crippen LogP contribution in [0.25, 0.3) is 0 Å². The van der Waals surface area contributed by atoms with Crippen molar-refractivity contribution < 1.29 is 41.1 Å². The van der Waals surface area contributed by atoms with E-state index in [1.54, 1.807) is 0 Å². The second-order valence-electron chi connectivity index (χ2n) is 7.24. The molecule has 0 aliphatic rings. The third-order valence-corrected chi connectivity index (χ3v) is 6.95. The van der Waals surface area contributed by atoms with Gasteiger partial charge in [0.15, 0.2) is 0 Å². The van der Waals surface area contributed by atoms with Crippen molar-refractivity contribution in [2.75, 3.05) is 46.6 Å². The molecule has 1 heterocycles. The normalized spacial score (nSPS) is 10.6. The van der Waals surface area contributed by atoms with Gasteiger partial charge in [-0.15, -0.1) is 0 Å². The Balaban J connectivity index is 2.12. The summed E-state index contributed by atoms with van der Waals surface area (Å²) >= 11 is 5.33. The Kier molecular flexibility index (Phi) is 12.0. The van der Waals surface area contributed by atoms with Crippen LogP contribution in [0, 0.1) is 0 Å². The zero-order valence-electron chi connectivity index (χ0n) is 19.8.